The average molecular weight is 563 g/mol. The van der Waals surface area contributed by atoms with Crippen LogP contribution in [0.3, 0.4) is 0 Å². The Morgan fingerprint density at radius 1 is 1.18 bits per heavy atom. The lowest BCUT2D eigenvalue weighted by molar-refractivity contribution is 0.0950. The van der Waals surface area contributed by atoms with Gasteiger partial charge in [-0.1, -0.05) is 6.07 Å². The molecule has 2 aliphatic rings. The number of methoxy groups -OCH3 is 1. The zero-order chi connectivity index (χ0) is 27.7. The number of aromatic nitrogens is 4. The number of pyridine rings is 2. The van der Waals surface area contributed by atoms with Crippen molar-refractivity contribution >= 4 is 38.2 Å². The Morgan fingerprint density at radius 3 is 2.95 bits per heavy atom. The molecule has 0 atom stereocenters. The number of carbonyl (C=O) groups is 1. The molecule has 0 aliphatic carbocycles. The maximum Gasteiger partial charge on any atom is 0.251 e. The van der Waals surface area contributed by atoms with Gasteiger partial charge in [0.15, 0.2) is 9.84 Å². The number of hydrogen-bond donors (Lipinski definition) is 1. The lowest BCUT2D eigenvalue weighted by Crippen LogP contribution is -2.26. The zero-order valence-corrected chi connectivity index (χ0v) is 23.0. The van der Waals surface area contributed by atoms with Crippen LogP contribution in [0.15, 0.2) is 53.7 Å². The van der Waals surface area contributed by atoms with Crippen LogP contribution < -0.4 is 10.2 Å². The van der Waals surface area contributed by atoms with E-state index < -0.39 is 9.84 Å². The van der Waals surface area contributed by atoms with Crippen molar-refractivity contribution in [1.29, 1.82) is 0 Å². The molecule has 0 bridgehead atoms. The van der Waals surface area contributed by atoms with E-state index in [1.165, 1.54) is 11.8 Å². The van der Waals surface area contributed by atoms with Crippen LogP contribution >= 0.6 is 0 Å². The molecule has 1 aromatic carbocycles. The first-order valence-electron chi connectivity index (χ1n) is 13.2. The van der Waals surface area contributed by atoms with Gasteiger partial charge >= 0.3 is 0 Å². The Labute approximate surface area is 232 Å². The maximum absolute atomic E-state index is 12.9. The van der Waals surface area contributed by atoms with Gasteiger partial charge in [-0.2, -0.15) is 5.10 Å². The molecule has 1 amide bonds. The summed E-state index contributed by atoms with van der Waals surface area (Å²) in [6.45, 7) is 2.68. The minimum atomic E-state index is -3.50. The van der Waals surface area contributed by atoms with Crippen molar-refractivity contribution in [3.63, 3.8) is 0 Å². The summed E-state index contributed by atoms with van der Waals surface area (Å²) in [6.07, 6.45) is 5.59. The molecule has 2 aliphatic heterocycles. The average Bonchev–Trinajstić information content (AvgIpc) is 3.32. The van der Waals surface area contributed by atoms with Crippen molar-refractivity contribution in [2.75, 3.05) is 37.5 Å². The lowest BCUT2D eigenvalue weighted by Gasteiger charge is -2.28. The summed E-state index contributed by atoms with van der Waals surface area (Å²) < 4.78 is 37.8. The van der Waals surface area contributed by atoms with E-state index in [-0.39, 0.29) is 41.9 Å². The maximum atomic E-state index is 12.9. The van der Waals surface area contributed by atoms with Crippen molar-refractivity contribution in [3.8, 4) is 0 Å². The highest BCUT2D eigenvalue weighted by Gasteiger charge is 2.25. The first-order chi connectivity index (χ1) is 19.4. The van der Waals surface area contributed by atoms with E-state index in [4.69, 9.17) is 14.5 Å². The smallest absolute Gasteiger partial charge is 0.251 e. The van der Waals surface area contributed by atoms with Gasteiger partial charge in [0, 0.05) is 30.8 Å². The predicted molar refractivity (Wildman–Crippen MR) is 148 cm³/mol. The molecule has 0 saturated carbocycles. The molecule has 0 fully saturated rings. The van der Waals surface area contributed by atoms with Crippen LogP contribution in [0.5, 0.6) is 0 Å². The van der Waals surface area contributed by atoms with E-state index in [9.17, 15) is 13.2 Å². The molecular weight excluding hydrogens is 532 g/mol. The van der Waals surface area contributed by atoms with E-state index >= 15 is 0 Å². The number of benzene rings is 1. The number of rotatable bonds is 7. The molecule has 6 rings (SSSR count). The lowest BCUT2D eigenvalue weighted by atomic mass is 10.1. The Balaban J connectivity index is 1.20. The van der Waals surface area contributed by atoms with Gasteiger partial charge in [0.05, 0.1) is 72.3 Å². The molecule has 11 nitrogen and oxygen atoms in total. The normalized spacial score (nSPS) is 16.3. The number of ether oxygens (including phenoxy) is 2. The highest BCUT2D eigenvalue weighted by Crippen LogP contribution is 2.33. The van der Waals surface area contributed by atoms with Crippen LogP contribution in [0.1, 0.15) is 33.7 Å². The van der Waals surface area contributed by atoms with Crippen LogP contribution in [0.2, 0.25) is 0 Å². The molecule has 0 unspecified atom stereocenters. The van der Waals surface area contributed by atoms with E-state index in [1.54, 1.807) is 25.4 Å². The number of sulfone groups is 1. The number of carbonyl (C=O) groups excluding carboxylic acids is 1. The van der Waals surface area contributed by atoms with Crippen LogP contribution in [0.25, 0.3) is 10.9 Å². The Bertz CT molecular complexity index is 1690. The molecule has 1 N–H and O–H groups in total. The number of anilines is 2. The van der Waals surface area contributed by atoms with Gasteiger partial charge in [0.25, 0.3) is 5.91 Å². The second kappa shape index (κ2) is 11.0. The molecule has 3 aromatic heterocycles. The van der Waals surface area contributed by atoms with Crippen molar-refractivity contribution in [1.82, 2.24) is 25.1 Å². The molecule has 0 spiro atoms. The zero-order valence-electron chi connectivity index (χ0n) is 22.2. The number of nitrogens with one attached hydrogen (secondary N) is 1. The van der Waals surface area contributed by atoms with Crippen molar-refractivity contribution < 1.29 is 22.7 Å². The second-order valence-corrected chi connectivity index (χ2v) is 11.9. The third kappa shape index (κ3) is 5.17. The summed E-state index contributed by atoms with van der Waals surface area (Å²) in [6, 6.07) is 10.5. The summed E-state index contributed by atoms with van der Waals surface area (Å²) in [4.78, 5) is 24.7. The van der Waals surface area contributed by atoms with Crippen molar-refractivity contribution in [3.05, 3.63) is 71.3 Å². The van der Waals surface area contributed by atoms with E-state index in [1.807, 2.05) is 29.1 Å². The molecule has 5 heterocycles. The van der Waals surface area contributed by atoms with Gasteiger partial charge in [0.1, 0.15) is 5.82 Å². The number of hydrogen-bond acceptors (Lipinski definition) is 9. The SMILES string of the molecule is COCCn1ncc2c1CCCN2c1ccc2cnc(CNC(=O)c3ccc4c(c3)S(=O)(=O)CCOC4)cc2n1. The van der Waals surface area contributed by atoms with Crippen molar-refractivity contribution in [2.24, 2.45) is 0 Å². The third-order valence-corrected chi connectivity index (χ3v) is 9.01. The highest BCUT2D eigenvalue weighted by atomic mass is 32.2. The molecule has 208 valence electrons. The van der Waals surface area contributed by atoms with Gasteiger partial charge in [-0.15, -0.1) is 0 Å². The minimum Gasteiger partial charge on any atom is -0.383 e. The van der Waals surface area contributed by atoms with Gasteiger partial charge in [-0.25, -0.2) is 13.4 Å². The predicted octanol–water partition coefficient (Wildman–Crippen LogP) is 2.79. The van der Waals surface area contributed by atoms with E-state index in [2.05, 4.69) is 20.3 Å². The summed E-state index contributed by atoms with van der Waals surface area (Å²) in [5.41, 5.74) is 4.50. The Morgan fingerprint density at radius 2 is 2.08 bits per heavy atom. The van der Waals surface area contributed by atoms with Gasteiger partial charge in [-0.3, -0.25) is 14.5 Å². The van der Waals surface area contributed by atoms with Crippen molar-refractivity contribution in [2.45, 2.75) is 37.4 Å². The summed E-state index contributed by atoms with van der Waals surface area (Å²) in [5.74, 6) is 0.352. The van der Waals surface area contributed by atoms with Gasteiger partial charge < -0.3 is 19.7 Å². The van der Waals surface area contributed by atoms with Gasteiger partial charge in [0.2, 0.25) is 0 Å². The van der Waals surface area contributed by atoms with Crippen LogP contribution in [-0.2, 0) is 45.4 Å². The van der Waals surface area contributed by atoms with Crippen LogP contribution in [0.4, 0.5) is 11.5 Å². The standard InChI is InChI=1S/C28H30N6O5S/c1-38-10-9-34-24-3-2-8-33(25(24)17-31-34)27-7-6-20-15-29-22(14-23(20)32-27)16-30-28(35)19-4-5-21-18-39-11-12-40(36,37)26(21)13-19/h4-7,13-15,17H,2-3,8-12,16,18H2,1H3,(H,30,35). The minimum absolute atomic E-state index is 0.101. The molecule has 0 radical (unpaired) electrons. The summed E-state index contributed by atoms with van der Waals surface area (Å²) in [7, 11) is -1.81. The Kier molecular flexibility index (Phi) is 7.22. The fourth-order valence-corrected chi connectivity index (χ4v) is 6.54. The first-order valence-corrected chi connectivity index (χ1v) is 14.9. The van der Waals surface area contributed by atoms with Crippen LogP contribution in [0, 0.1) is 0 Å². The second-order valence-electron chi connectivity index (χ2n) is 9.86. The summed E-state index contributed by atoms with van der Waals surface area (Å²) >= 11 is 0. The molecule has 4 aromatic rings. The van der Waals surface area contributed by atoms with Crippen LogP contribution in [-0.4, -0.2) is 66.7 Å². The third-order valence-electron chi connectivity index (χ3n) is 7.26. The first kappa shape index (κ1) is 26.4. The summed E-state index contributed by atoms with van der Waals surface area (Å²) in [5, 5.41) is 8.31. The van der Waals surface area contributed by atoms with Gasteiger partial charge in [-0.05, 0) is 48.7 Å². The number of fused-ring (bicyclic) bond motifs is 3. The monoisotopic (exact) mass is 562 g/mol. The van der Waals surface area contributed by atoms with E-state index in [0.29, 0.717) is 24.4 Å². The Hall–Kier alpha value is -3.87. The quantitative estimate of drug-likeness (QED) is 0.362. The molecule has 40 heavy (non-hydrogen) atoms. The fraction of sp³-hybridized carbons (Fsp3) is 0.357. The largest absolute Gasteiger partial charge is 0.383 e. The molecular formula is C28H30N6O5S. The highest BCUT2D eigenvalue weighted by molar-refractivity contribution is 7.91. The molecule has 0 saturated heterocycles. The fourth-order valence-electron chi connectivity index (χ4n) is 5.15. The molecule has 12 heteroatoms. The number of amides is 1. The topological polar surface area (TPSA) is 129 Å². The van der Waals surface area contributed by atoms with E-state index in [0.717, 1.165) is 41.8 Å². The number of nitrogens with zero attached hydrogens (tertiary/aromatic N) is 5.